The van der Waals surface area contributed by atoms with Crippen LogP contribution in [0, 0.1) is 0 Å². The normalized spacial score (nSPS) is 21.1. The molecule has 1 aliphatic rings. The molecule has 2 atom stereocenters. The number of nitrogens with zero attached hydrogens (tertiary/aromatic N) is 1. The summed E-state index contributed by atoms with van der Waals surface area (Å²) in [4.78, 5) is 2.61. The van der Waals surface area contributed by atoms with Gasteiger partial charge in [0.05, 0.1) is 0 Å². The van der Waals surface area contributed by atoms with Crippen LogP contribution in [0.3, 0.4) is 0 Å². The maximum absolute atomic E-state index is 6.23. The molecule has 0 spiro atoms. The third-order valence-electron chi connectivity index (χ3n) is 4.71. The van der Waals surface area contributed by atoms with Crippen molar-refractivity contribution in [1.29, 1.82) is 0 Å². The molecule has 1 aromatic carbocycles. The summed E-state index contributed by atoms with van der Waals surface area (Å²) in [7, 11) is 0. The van der Waals surface area contributed by atoms with Gasteiger partial charge in [0.2, 0.25) is 0 Å². The third-order valence-corrected chi connectivity index (χ3v) is 4.94. The molecule has 0 saturated carbocycles. The predicted molar refractivity (Wildman–Crippen MR) is 93.3 cm³/mol. The zero-order valence-electron chi connectivity index (χ0n) is 13.4. The van der Waals surface area contributed by atoms with Gasteiger partial charge in [-0.1, -0.05) is 38.3 Å². The average Bonchev–Trinajstić information content (AvgIpc) is 2.72. The zero-order chi connectivity index (χ0) is 15.2. The second kappa shape index (κ2) is 8.05. The summed E-state index contributed by atoms with van der Waals surface area (Å²) in [6, 6.07) is 7.22. The Morgan fingerprint density at radius 2 is 2.10 bits per heavy atom. The Labute approximate surface area is 134 Å². The summed E-state index contributed by atoms with van der Waals surface area (Å²) < 4.78 is 0. The van der Waals surface area contributed by atoms with E-state index in [4.69, 9.17) is 17.3 Å². The number of anilines is 1. The van der Waals surface area contributed by atoms with Crippen LogP contribution in [0.15, 0.2) is 18.2 Å². The number of hydrogen-bond donors (Lipinski definition) is 1. The summed E-state index contributed by atoms with van der Waals surface area (Å²) >= 11 is 6.23. The first-order valence-electron chi connectivity index (χ1n) is 8.46. The Hall–Kier alpha value is -0.730. The SMILES string of the molecule is CCC(N)Cc1cc(Cl)ccc1N1CCCCCC1CC. The highest BCUT2D eigenvalue weighted by Gasteiger charge is 2.22. The van der Waals surface area contributed by atoms with Gasteiger partial charge in [-0.15, -0.1) is 0 Å². The molecule has 2 rings (SSSR count). The smallest absolute Gasteiger partial charge is 0.0410 e. The van der Waals surface area contributed by atoms with Gasteiger partial charge in [0, 0.05) is 29.3 Å². The largest absolute Gasteiger partial charge is 0.368 e. The van der Waals surface area contributed by atoms with Crippen LogP contribution in [0.5, 0.6) is 0 Å². The van der Waals surface area contributed by atoms with Crippen molar-refractivity contribution in [2.75, 3.05) is 11.4 Å². The number of nitrogens with two attached hydrogens (primary N) is 1. The molecule has 0 radical (unpaired) electrons. The molecule has 2 unspecified atom stereocenters. The molecule has 21 heavy (non-hydrogen) atoms. The lowest BCUT2D eigenvalue weighted by atomic mass is 10.00. The fourth-order valence-electron chi connectivity index (χ4n) is 3.34. The minimum absolute atomic E-state index is 0.217. The molecule has 1 aromatic rings. The van der Waals surface area contributed by atoms with Gasteiger partial charge in [-0.3, -0.25) is 0 Å². The van der Waals surface area contributed by atoms with Gasteiger partial charge < -0.3 is 10.6 Å². The fourth-order valence-corrected chi connectivity index (χ4v) is 3.54. The van der Waals surface area contributed by atoms with Crippen molar-refractivity contribution >= 4 is 17.3 Å². The first kappa shape index (κ1) is 16.6. The van der Waals surface area contributed by atoms with E-state index in [-0.39, 0.29) is 6.04 Å². The van der Waals surface area contributed by atoms with E-state index in [1.165, 1.54) is 43.4 Å². The second-order valence-corrected chi connectivity index (χ2v) is 6.69. The molecule has 3 heteroatoms. The lowest BCUT2D eigenvalue weighted by molar-refractivity contribution is 0.553. The predicted octanol–water partition coefficient (Wildman–Crippen LogP) is 4.78. The van der Waals surface area contributed by atoms with Gasteiger partial charge in [-0.25, -0.2) is 0 Å². The summed E-state index contributed by atoms with van der Waals surface area (Å²) in [5.74, 6) is 0. The molecule has 0 amide bonds. The average molecular weight is 309 g/mol. The molecular weight excluding hydrogens is 280 g/mol. The Balaban J connectivity index is 2.31. The zero-order valence-corrected chi connectivity index (χ0v) is 14.2. The van der Waals surface area contributed by atoms with Gasteiger partial charge in [0.25, 0.3) is 0 Å². The molecule has 1 saturated heterocycles. The second-order valence-electron chi connectivity index (χ2n) is 6.25. The highest BCUT2D eigenvalue weighted by molar-refractivity contribution is 6.30. The van der Waals surface area contributed by atoms with Crippen molar-refractivity contribution in [3.63, 3.8) is 0 Å². The van der Waals surface area contributed by atoms with Crippen molar-refractivity contribution in [3.05, 3.63) is 28.8 Å². The van der Waals surface area contributed by atoms with Crippen LogP contribution < -0.4 is 10.6 Å². The van der Waals surface area contributed by atoms with E-state index in [1.807, 2.05) is 6.07 Å². The topological polar surface area (TPSA) is 29.3 Å². The highest BCUT2D eigenvalue weighted by atomic mass is 35.5. The summed E-state index contributed by atoms with van der Waals surface area (Å²) in [6.07, 6.45) is 8.43. The molecule has 0 aromatic heterocycles. The summed E-state index contributed by atoms with van der Waals surface area (Å²) in [5, 5.41) is 0.819. The molecule has 2 nitrogen and oxygen atoms in total. The first-order chi connectivity index (χ1) is 10.2. The lowest BCUT2D eigenvalue weighted by Crippen LogP contribution is -2.35. The van der Waals surface area contributed by atoms with Crippen molar-refractivity contribution in [2.45, 2.75) is 70.9 Å². The van der Waals surface area contributed by atoms with Crippen LogP contribution in [0.25, 0.3) is 0 Å². The van der Waals surface area contributed by atoms with E-state index < -0.39 is 0 Å². The minimum atomic E-state index is 0.217. The van der Waals surface area contributed by atoms with E-state index in [0.717, 1.165) is 24.4 Å². The summed E-state index contributed by atoms with van der Waals surface area (Å²) in [5.41, 5.74) is 8.87. The van der Waals surface area contributed by atoms with Crippen molar-refractivity contribution in [2.24, 2.45) is 5.73 Å². The molecule has 1 aliphatic heterocycles. The van der Waals surface area contributed by atoms with E-state index in [0.29, 0.717) is 6.04 Å². The molecule has 1 heterocycles. The van der Waals surface area contributed by atoms with Crippen LogP contribution >= 0.6 is 11.6 Å². The lowest BCUT2D eigenvalue weighted by Gasteiger charge is -2.33. The van der Waals surface area contributed by atoms with Gasteiger partial charge in [-0.2, -0.15) is 0 Å². The molecule has 0 aliphatic carbocycles. The Morgan fingerprint density at radius 3 is 2.81 bits per heavy atom. The minimum Gasteiger partial charge on any atom is -0.368 e. The van der Waals surface area contributed by atoms with Crippen LogP contribution in [0.2, 0.25) is 5.02 Å². The Morgan fingerprint density at radius 1 is 1.29 bits per heavy atom. The van der Waals surface area contributed by atoms with Gasteiger partial charge in [0.1, 0.15) is 0 Å². The van der Waals surface area contributed by atoms with Gasteiger partial charge >= 0.3 is 0 Å². The first-order valence-corrected chi connectivity index (χ1v) is 8.84. The standard InChI is InChI=1S/C18H29ClN2/c1-3-16(20)13-14-12-15(19)9-10-18(14)21-11-7-5-6-8-17(21)4-2/h9-10,12,16-17H,3-8,11,13,20H2,1-2H3. The Kier molecular flexibility index (Phi) is 6.38. The molecular formula is C18H29ClN2. The highest BCUT2D eigenvalue weighted by Crippen LogP contribution is 2.31. The quantitative estimate of drug-likeness (QED) is 0.848. The number of benzene rings is 1. The molecule has 1 fully saturated rings. The van der Waals surface area contributed by atoms with Crippen LogP contribution in [-0.4, -0.2) is 18.6 Å². The molecule has 0 bridgehead atoms. The van der Waals surface area contributed by atoms with Crippen LogP contribution in [-0.2, 0) is 6.42 Å². The van der Waals surface area contributed by atoms with Crippen molar-refractivity contribution in [3.8, 4) is 0 Å². The monoisotopic (exact) mass is 308 g/mol. The molecule has 118 valence electrons. The Bertz CT molecular complexity index is 447. The van der Waals surface area contributed by atoms with Crippen LogP contribution in [0.4, 0.5) is 5.69 Å². The maximum Gasteiger partial charge on any atom is 0.0410 e. The number of halogens is 1. The van der Waals surface area contributed by atoms with Gasteiger partial charge in [0.15, 0.2) is 0 Å². The maximum atomic E-state index is 6.23. The van der Waals surface area contributed by atoms with E-state index in [2.05, 4.69) is 30.9 Å². The van der Waals surface area contributed by atoms with E-state index in [1.54, 1.807) is 0 Å². The third kappa shape index (κ3) is 4.37. The van der Waals surface area contributed by atoms with E-state index >= 15 is 0 Å². The number of hydrogen-bond acceptors (Lipinski definition) is 2. The molecule has 2 N–H and O–H groups in total. The van der Waals surface area contributed by atoms with Gasteiger partial charge in [-0.05, 0) is 55.9 Å². The van der Waals surface area contributed by atoms with Crippen molar-refractivity contribution < 1.29 is 0 Å². The van der Waals surface area contributed by atoms with E-state index in [9.17, 15) is 0 Å². The van der Waals surface area contributed by atoms with Crippen molar-refractivity contribution in [1.82, 2.24) is 0 Å². The fraction of sp³-hybridized carbons (Fsp3) is 0.667. The number of rotatable bonds is 5. The summed E-state index contributed by atoms with van der Waals surface area (Å²) in [6.45, 7) is 5.61. The van der Waals surface area contributed by atoms with Crippen LogP contribution in [0.1, 0.15) is 57.9 Å².